The molecular weight excluding hydrogens is 379 g/mol. The van der Waals surface area contributed by atoms with Crippen molar-refractivity contribution in [3.63, 3.8) is 0 Å². The van der Waals surface area contributed by atoms with Crippen LogP contribution >= 0.6 is 27.3 Å². The van der Waals surface area contributed by atoms with Crippen molar-refractivity contribution in [2.45, 2.75) is 23.1 Å². The van der Waals surface area contributed by atoms with Gasteiger partial charge < -0.3 is 5.32 Å². The first-order valence-corrected chi connectivity index (χ1v) is 9.38. The van der Waals surface area contributed by atoms with Gasteiger partial charge in [-0.2, -0.15) is 0 Å². The van der Waals surface area contributed by atoms with Crippen molar-refractivity contribution in [3.05, 3.63) is 39.9 Å². The van der Waals surface area contributed by atoms with Crippen molar-refractivity contribution in [2.24, 2.45) is 0 Å². The maximum atomic E-state index is 14.0. The molecule has 0 atom stereocenters. The quantitative estimate of drug-likeness (QED) is 0.810. The number of para-hydroxylation sites is 1. The van der Waals surface area contributed by atoms with Gasteiger partial charge in [0, 0.05) is 6.04 Å². The Balaban J connectivity index is 1.93. The standard InChI is InChI=1S/C13H12BrFN2O2S2/c14-11-6-7-12(20-11)21(18,19)17-13-9(15)2-1-3-10(13)16-8-4-5-8/h1-3,6-8,16-17H,4-5H2. The Bertz CT molecular complexity index is 772. The molecule has 112 valence electrons. The second-order valence-corrected chi connectivity index (χ2v) is 9.12. The minimum atomic E-state index is -3.79. The van der Waals surface area contributed by atoms with E-state index in [9.17, 15) is 12.8 Å². The monoisotopic (exact) mass is 390 g/mol. The third kappa shape index (κ3) is 3.38. The Morgan fingerprint density at radius 2 is 2.00 bits per heavy atom. The minimum Gasteiger partial charge on any atom is -0.381 e. The molecule has 4 nitrogen and oxygen atoms in total. The zero-order valence-electron chi connectivity index (χ0n) is 10.8. The molecule has 21 heavy (non-hydrogen) atoms. The fraction of sp³-hybridized carbons (Fsp3) is 0.231. The third-order valence-corrected chi connectivity index (χ3v) is 6.47. The van der Waals surface area contributed by atoms with E-state index in [4.69, 9.17) is 0 Å². The SMILES string of the molecule is O=S(=O)(Nc1c(F)cccc1NC1CC1)c1ccc(Br)s1. The highest BCUT2D eigenvalue weighted by atomic mass is 79.9. The highest BCUT2D eigenvalue weighted by molar-refractivity contribution is 9.11. The van der Waals surface area contributed by atoms with E-state index in [0.717, 1.165) is 24.2 Å². The number of anilines is 2. The van der Waals surface area contributed by atoms with Crippen LogP contribution in [0, 0.1) is 5.82 Å². The molecule has 0 unspecified atom stereocenters. The van der Waals surface area contributed by atoms with Gasteiger partial charge in [0.25, 0.3) is 10.0 Å². The molecule has 1 saturated carbocycles. The molecule has 0 spiro atoms. The zero-order valence-corrected chi connectivity index (χ0v) is 14.0. The molecule has 1 aliphatic rings. The molecule has 1 heterocycles. The molecule has 1 aromatic heterocycles. The first-order valence-electron chi connectivity index (χ1n) is 6.29. The molecular formula is C13H12BrFN2O2S2. The summed E-state index contributed by atoms with van der Waals surface area (Å²) in [6.45, 7) is 0. The third-order valence-electron chi connectivity index (χ3n) is 3.00. The van der Waals surface area contributed by atoms with Crippen molar-refractivity contribution in [3.8, 4) is 0 Å². The summed E-state index contributed by atoms with van der Waals surface area (Å²) in [5.41, 5.74) is 0.436. The van der Waals surface area contributed by atoms with Crippen LogP contribution in [0.1, 0.15) is 12.8 Å². The average Bonchev–Trinajstić information content (AvgIpc) is 3.12. The summed E-state index contributed by atoms with van der Waals surface area (Å²) in [7, 11) is -3.79. The summed E-state index contributed by atoms with van der Waals surface area (Å²) in [4.78, 5) is 0. The largest absolute Gasteiger partial charge is 0.381 e. The van der Waals surface area contributed by atoms with E-state index >= 15 is 0 Å². The minimum absolute atomic E-state index is 0.0334. The molecule has 0 bridgehead atoms. The van der Waals surface area contributed by atoms with Crippen LogP contribution in [0.2, 0.25) is 0 Å². The first-order chi connectivity index (χ1) is 9.95. The second-order valence-electron chi connectivity index (χ2n) is 4.75. The Morgan fingerprint density at radius 1 is 1.24 bits per heavy atom. The normalized spacial score (nSPS) is 15.0. The molecule has 1 fully saturated rings. The molecule has 2 aromatic rings. The predicted octanol–water partition coefficient (Wildman–Crippen LogP) is 4.02. The summed E-state index contributed by atoms with van der Waals surface area (Å²) in [6, 6.07) is 7.88. The van der Waals surface area contributed by atoms with Gasteiger partial charge in [-0.25, -0.2) is 12.8 Å². The van der Waals surface area contributed by atoms with E-state index in [-0.39, 0.29) is 9.90 Å². The van der Waals surface area contributed by atoms with Crippen LogP contribution < -0.4 is 10.0 Å². The molecule has 0 radical (unpaired) electrons. The summed E-state index contributed by atoms with van der Waals surface area (Å²) in [5.74, 6) is -0.597. The van der Waals surface area contributed by atoms with E-state index in [1.807, 2.05) is 0 Å². The number of nitrogens with one attached hydrogen (secondary N) is 2. The lowest BCUT2D eigenvalue weighted by Gasteiger charge is -2.14. The Labute approximate surface area is 134 Å². The van der Waals surface area contributed by atoms with E-state index < -0.39 is 15.8 Å². The van der Waals surface area contributed by atoms with Gasteiger partial charge >= 0.3 is 0 Å². The topological polar surface area (TPSA) is 58.2 Å². The van der Waals surface area contributed by atoms with Crippen molar-refractivity contribution in [2.75, 3.05) is 10.0 Å². The van der Waals surface area contributed by atoms with E-state index in [0.29, 0.717) is 15.5 Å². The molecule has 2 N–H and O–H groups in total. The lowest BCUT2D eigenvalue weighted by Crippen LogP contribution is -2.15. The summed E-state index contributed by atoms with van der Waals surface area (Å²) in [6.07, 6.45) is 2.03. The van der Waals surface area contributed by atoms with Gasteiger partial charge in [0.2, 0.25) is 0 Å². The molecule has 1 aromatic carbocycles. The van der Waals surface area contributed by atoms with Crippen molar-refractivity contribution in [1.82, 2.24) is 0 Å². The van der Waals surface area contributed by atoms with Crippen LogP contribution in [0.4, 0.5) is 15.8 Å². The highest BCUT2D eigenvalue weighted by Gasteiger charge is 2.25. The summed E-state index contributed by atoms with van der Waals surface area (Å²) in [5, 5.41) is 3.13. The number of halogens is 2. The van der Waals surface area contributed by atoms with Gasteiger partial charge in [-0.05, 0) is 53.0 Å². The van der Waals surface area contributed by atoms with Crippen LogP contribution in [0.25, 0.3) is 0 Å². The van der Waals surface area contributed by atoms with Crippen LogP contribution in [0.5, 0.6) is 0 Å². The molecule has 8 heteroatoms. The number of thiophene rings is 1. The summed E-state index contributed by atoms with van der Waals surface area (Å²) >= 11 is 4.30. The highest BCUT2D eigenvalue weighted by Crippen LogP contribution is 2.34. The fourth-order valence-corrected chi connectivity index (χ4v) is 4.92. The van der Waals surface area contributed by atoms with Crippen LogP contribution in [-0.4, -0.2) is 14.5 Å². The van der Waals surface area contributed by atoms with Crippen molar-refractivity contribution < 1.29 is 12.8 Å². The van der Waals surface area contributed by atoms with Crippen molar-refractivity contribution >= 4 is 48.7 Å². The second kappa shape index (κ2) is 5.58. The molecule has 0 aliphatic heterocycles. The first kappa shape index (κ1) is 14.8. The molecule has 0 saturated heterocycles. The maximum absolute atomic E-state index is 14.0. The molecule has 1 aliphatic carbocycles. The average molecular weight is 391 g/mol. The van der Waals surface area contributed by atoms with Crippen LogP contribution in [0.15, 0.2) is 38.3 Å². The van der Waals surface area contributed by atoms with E-state index in [1.54, 1.807) is 18.2 Å². The van der Waals surface area contributed by atoms with Gasteiger partial charge in [0.1, 0.15) is 15.7 Å². The Morgan fingerprint density at radius 3 is 2.62 bits per heavy atom. The zero-order chi connectivity index (χ0) is 15.0. The van der Waals surface area contributed by atoms with Gasteiger partial charge in [0.15, 0.2) is 0 Å². The van der Waals surface area contributed by atoms with Gasteiger partial charge in [-0.15, -0.1) is 11.3 Å². The number of benzene rings is 1. The van der Waals surface area contributed by atoms with Crippen molar-refractivity contribution in [1.29, 1.82) is 0 Å². The predicted molar refractivity (Wildman–Crippen MR) is 85.9 cm³/mol. The molecule has 0 amide bonds. The van der Waals surface area contributed by atoms with Crippen LogP contribution in [0.3, 0.4) is 0 Å². The smallest absolute Gasteiger partial charge is 0.271 e. The lowest BCUT2D eigenvalue weighted by atomic mass is 10.2. The Hall–Kier alpha value is -1.12. The van der Waals surface area contributed by atoms with E-state index in [2.05, 4.69) is 26.0 Å². The van der Waals surface area contributed by atoms with Crippen LogP contribution in [-0.2, 0) is 10.0 Å². The van der Waals surface area contributed by atoms with E-state index in [1.165, 1.54) is 12.1 Å². The number of rotatable bonds is 5. The fourth-order valence-electron chi connectivity index (χ4n) is 1.82. The number of sulfonamides is 1. The number of hydrogen-bond donors (Lipinski definition) is 2. The van der Waals surface area contributed by atoms with Gasteiger partial charge in [-0.1, -0.05) is 6.07 Å². The van der Waals surface area contributed by atoms with Gasteiger partial charge in [0.05, 0.1) is 9.47 Å². The Kier molecular flexibility index (Phi) is 3.94. The lowest BCUT2D eigenvalue weighted by molar-refractivity contribution is 0.600. The summed E-state index contributed by atoms with van der Waals surface area (Å²) < 4.78 is 41.8. The molecule has 3 rings (SSSR count). The maximum Gasteiger partial charge on any atom is 0.271 e. The number of hydrogen-bond acceptors (Lipinski definition) is 4. The van der Waals surface area contributed by atoms with Gasteiger partial charge in [-0.3, -0.25) is 4.72 Å².